The summed E-state index contributed by atoms with van der Waals surface area (Å²) in [7, 11) is 0. The minimum absolute atomic E-state index is 0.588. The standard InChI is InChI=1S/C16H23N3/c1-3-13(4-2)16-10-18-12-19(16)11-15-8-6-5-7-14(15)9-17/h5-8,10,12-13H,3-4,9,11,17H2,1-2H3. The number of hydrogen-bond donors (Lipinski definition) is 1. The molecule has 0 fully saturated rings. The molecule has 3 heteroatoms. The van der Waals surface area contributed by atoms with E-state index in [-0.39, 0.29) is 0 Å². The van der Waals surface area contributed by atoms with Gasteiger partial charge in [-0.25, -0.2) is 4.98 Å². The number of hydrogen-bond acceptors (Lipinski definition) is 2. The fourth-order valence-corrected chi connectivity index (χ4v) is 2.60. The van der Waals surface area contributed by atoms with Gasteiger partial charge >= 0.3 is 0 Å². The first-order chi connectivity index (χ1) is 9.30. The molecule has 1 aromatic heterocycles. The molecule has 0 atom stereocenters. The predicted octanol–water partition coefficient (Wildman–Crippen LogP) is 3.29. The third-order valence-corrected chi connectivity index (χ3v) is 3.83. The second-order valence-corrected chi connectivity index (χ2v) is 4.93. The Balaban J connectivity index is 2.26. The molecule has 0 saturated carbocycles. The Kier molecular flexibility index (Phi) is 4.74. The van der Waals surface area contributed by atoms with Gasteiger partial charge in [0.05, 0.1) is 6.33 Å². The zero-order valence-electron chi connectivity index (χ0n) is 11.8. The van der Waals surface area contributed by atoms with Crippen LogP contribution < -0.4 is 5.73 Å². The molecule has 1 heterocycles. The number of benzene rings is 1. The lowest BCUT2D eigenvalue weighted by Crippen LogP contribution is -2.10. The van der Waals surface area contributed by atoms with E-state index in [9.17, 15) is 0 Å². The van der Waals surface area contributed by atoms with Gasteiger partial charge in [0.25, 0.3) is 0 Å². The number of nitrogens with zero attached hydrogens (tertiary/aromatic N) is 2. The third-order valence-electron chi connectivity index (χ3n) is 3.83. The number of imidazole rings is 1. The van der Waals surface area contributed by atoms with Crippen molar-refractivity contribution in [3.63, 3.8) is 0 Å². The second kappa shape index (κ2) is 6.53. The lowest BCUT2D eigenvalue weighted by atomic mass is 9.99. The van der Waals surface area contributed by atoms with Crippen molar-refractivity contribution in [1.29, 1.82) is 0 Å². The van der Waals surface area contributed by atoms with E-state index in [4.69, 9.17) is 5.73 Å². The zero-order chi connectivity index (χ0) is 13.7. The molecule has 0 aliphatic heterocycles. The highest BCUT2D eigenvalue weighted by Gasteiger charge is 2.13. The van der Waals surface area contributed by atoms with Gasteiger partial charge in [-0.2, -0.15) is 0 Å². The first kappa shape index (κ1) is 13.8. The molecule has 1 aromatic carbocycles. The zero-order valence-corrected chi connectivity index (χ0v) is 11.8. The van der Waals surface area contributed by atoms with Crippen molar-refractivity contribution in [2.24, 2.45) is 5.73 Å². The number of rotatable bonds is 6. The van der Waals surface area contributed by atoms with E-state index in [0.717, 1.165) is 19.4 Å². The van der Waals surface area contributed by atoms with E-state index in [1.807, 2.05) is 18.6 Å². The fraction of sp³-hybridized carbons (Fsp3) is 0.438. The summed E-state index contributed by atoms with van der Waals surface area (Å²) >= 11 is 0. The molecule has 2 N–H and O–H groups in total. The Morgan fingerprint density at radius 2 is 1.84 bits per heavy atom. The summed E-state index contributed by atoms with van der Waals surface area (Å²) in [5.41, 5.74) is 9.64. The molecule has 19 heavy (non-hydrogen) atoms. The highest BCUT2D eigenvalue weighted by Crippen LogP contribution is 2.23. The van der Waals surface area contributed by atoms with E-state index in [2.05, 4.69) is 41.6 Å². The van der Waals surface area contributed by atoms with Gasteiger partial charge in [-0.3, -0.25) is 0 Å². The van der Waals surface area contributed by atoms with Crippen molar-refractivity contribution in [2.75, 3.05) is 0 Å². The van der Waals surface area contributed by atoms with Crippen LogP contribution in [0.2, 0.25) is 0 Å². The SMILES string of the molecule is CCC(CC)c1cncn1Cc1ccccc1CN. The van der Waals surface area contributed by atoms with Crippen LogP contribution in [-0.2, 0) is 13.1 Å². The molecule has 0 radical (unpaired) electrons. The number of aromatic nitrogens is 2. The van der Waals surface area contributed by atoms with Crippen LogP contribution in [0.5, 0.6) is 0 Å². The van der Waals surface area contributed by atoms with Crippen molar-refractivity contribution in [3.8, 4) is 0 Å². The molecule has 0 bridgehead atoms. The first-order valence-corrected chi connectivity index (χ1v) is 7.07. The molecular formula is C16H23N3. The molecule has 2 rings (SSSR count). The van der Waals surface area contributed by atoms with Crippen LogP contribution in [0.1, 0.15) is 49.4 Å². The van der Waals surface area contributed by atoms with Gasteiger partial charge in [-0.05, 0) is 24.0 Å². The van der Waals surface area contributed by atoms with Gasteiger partial charge in [-0.15, -0.1) is 0 Å². The maximum Gasteiger partial charge on any atom is 0.0951 e. The maximum atomic E-state index is 5.80. The highest BCUT2D eigenvalue weighted by atomic mass is 15.0. The van der Waals surface area contributed by atoms with E-state index in [1.54, 1.807) is 0 Å². The summed E-state index contributed by atoms with van der Waals surface area (Å²) in [6, 6.07) is 8.37. The van der Waals surface area contributed by atoms with Crippen molar-refractivity contribution in [3.05, 3.63) is 53.6 Å². The smallest absolute Gasteiger partial charge is 0.0951 e. The summed E-state index contributed by atoms with van der Waals surface area (Å²) in [6.07, 6.45) is 6.24. The van der Waals surface area contributed by atoms with Crippen molar-refractivity contribution >= 4 is 0 Å². The van der Waals surface area contributed by atoms with Crippen LogP contribution >= 0.6 is 0 Å². The molecule has 0 aliphatic rings. The molecule has 102 valence electrons. The Hall–Kier alpha value is -1.61. The summed E-state index contributed by atoms with van der Waals surface area (Å²) in [5.74, 6) is 0.590. The van der Waals surface area contributed by atoms with Crippen LogP contribution in [0.4, 0.5) is 0 Å². The molecule has 0 unspecified atom stereocenters. The van der Waals surface area contributed by atoms with Crippen LogP contribution in [0.25, 0.3) is 0 Å². The lowest BCUT2D eigenvalue weighted by molar-refractivity contribution is 0.581. The van der Waals surface area contributed by atoms with Crippen LogP contribution in [0, 0.1) is 0 Å². The third kappa shape index (κ3) is 3.04. The molecule has 0 amide bonds. The van der Waals surface area contributed by atoms with Gasteiger partial charge < -0.3 is 10.3 Å². The fourth-order valence-electron chi connectivity index (χ4n) is 2.60. The predicted molar refractivity (Wildman–Crippen MR) is 79.0 cm³/mol. The minimum Gasteiger partial charge on any atom is -0.330 e. The maximum absolute atomic E-state index is 5.80. The molecule has 0 spiro atoms. The Morgan fingerprint density at radius 3 is 2.47 bits per heavy atom. The highest BCUT2D eigenvalue weighted by molar-refractivity contribution is 5.27. The summed E-state index contributed by atoms with van der Waals surface area (Å²) in [5, 5.41) is 0. The van der Waals surface area contributed by atoms with E-state index in [0.29, 0.717) is 12.5 Å². The average Bonchev–Trinajstić information content (AvgIpc) is 2.89. The topological polar surface area (TPSA) is 43.8 Å². The summed E-state index contributed by atoms with van der Waals surface area (Å²) in [6.45, 7) is 5.92. The van der Waals surface area contributed by atoms with Crippen molar-refractivity contribution < 1.29 is 0 Å². The molecule has 0 saturated heterocycles. The average molecular weight is 257 g/mol. The van der Waals surface area contributed by atoms with Crippen LogP contribution in [0.15, 0.2) is 36.8 Å². The number of nitrogens with two attached hydrogens (primary N) is 1. The molecular weight excluding hydrogens is 234 g/mol. The van der Waals surface area contributed by atoms with E-state index < -0.39 is 0 Å². The molecule has 3 nitrogen and oxygen atoms in total. The van der Waals surface area contributed by atoms with Crippen LogP contribution in [-0.4, -0.2) is 9.55 Å². The van der Waals surface area contributed by atoms with Crippen molar-refractivity contribution in [2.45, 2.75) is 45.7 Å². The van der Waals surface area contributed by atoms with E-state index >= 15 is 0 Å². The van der Waals surface area contributed by atoms with Gasteiger partial charge in [0.15, 0.2) is 0 Å². The Labute approximate surface area is 115 Å². The van der Waals surface area contributed by atoms with Gasteiger partial charge in [0.1, 0.15) is 0 Å². The van der Waals surface area contributed by atoms with Crippen LogP contribution in [0.3, 0.4) is 0 Å². The van der Waals surface area contributed by atoms with Crippen molar-refractivity contribution in [1.82, 2.24) is 9.55 Å². The quantitative estimate of drug-likeness (QED) is 0.863. The van der Waals surface area contributed by atoms with Gasteiger partial charge in [-0.1, -0.05) is 38.1 Å². The normalized spacial score (nSPS) is 11.2. The van der Waals surface area contributed by atoms with Gasteiger partial charge in [0, 0.05) is 30.9 Å². The Bertz CT molecular complexity index is 512. The second-order valence-electron chi connectivity index (χ2n) is 4.93. The van der Waals surface area contributed by atoms with Gasteiger partial charge in [0.2, 0.25) is 0 Å². The monoisotopic (exact) mass is 257 g/mol. The summed E-state index contributed by atoms with van der Waals surface area (Å²) in [4.78, 5) is 4.32. The lowest BCUT2D eigenvalue weighted by Gasteiger charge is -2.16. The first-order valence-electron chi connectivity index (χ1n) is 7.07. The molecule has 0 aliphatic carbocycles. The largest absolute Gasteiger partial charge is 0.330 e. The van der Waals surface area contributed by atoms with E-state index in [1.165, 1.54) is 16.8 Å². The molecule has 2 aromatic rings. The minimum atomic E-state index is 0.588. The summed E-state index contributed by atoms with van der Waals surface area (Å²) < 4.78 is 2.26. The Morgan fingerprint density at radius 1 is 1.16 bits per heavy atom.